The van der Waals surface area contributed by atoms with E-state index in [1.165, 1.54) is 42.7 Å². The van der Waals surface area contributed by atoms with Crippen molar-refractivity contribution in [3.05, 3.63) is 70.8 Å². The summed E-state index contributed by atoms with van der Waals surface area (Å²) in [5.74, 6) is 1.63. The maximum atomic E-state index is 9.10. The van der Waals surface area contributed by atoms with Gasteiger partial charge in [-0.3, -0.25) is 5.41 Å². The van der Waals surface area contributed by atoms with Gasteiger partial charge in [0, 0.05) is 35.3 Å². The van der Waals surface area contributed by atoms with Crippen LogP contribution in [0.25, 0.3) is 33.6 Å². The molecular weight excluding hydrogens is 386 g/mol. The van der Waals surface area contributed by atoms with E-state index in [2.05, 4.69) is 17.0 Å². The highest BCUT2D eigenvalue weighted by atomic mass is 16.3. The van der Waals surface area contributed by atoms with Gasteiger partial charge in [-0.1, -0.05) is 12.1 Å². The number of nitrogens with zero attached hydrogens (tertiary/aromatic N) is 2. The van der Waals surface area contributed by atoms with Crippen molar-refractivity contribution >= 4 is 16.7 Å². The van der Waals surface area contributed by atoms with Crippen LogP contribution in [0, 0.1) is 16.7 Å². The minimum atomic E-state index is -0.121. The van der Waals surface area contributed by atoms with Gasteiger partial charge in [0.25, 0.3) is 0 Å². The number of benzene rings is 2. The van der Waals surface area contributed by atoms with Crippen molar-refractivity contribution < 1.29 is 8.83 Å². The first kappa shape index (κ1) is 18.0. The molecule has 0 spiro atoms. The van der Waals surface area contributed by atoms with Gasteiger partial charge in [0.15, 0.2) is 0 Å². The molecular formula is C26H21N3O2. The van der Waals surface area contributed by atoms with E-state index in [1.807, 2.05) is 36.4 Å². The summed E-state index contributed by atoms with van der Waals surface area (Å²) in [4.78, 5) is 2.55. The lowest BCUT2D eigenvalue weighted by Crippen LogP contribution is -2.34. The Kier molecular flexibility index (Phi) is 4.00. The number of nitriles is 1. The largest absolute Gasteiger partial charge is 0.456 e. The van der Waals surface area contributed by atoms with Crippen molar-refractivity contribution in [1.29, 1.82) is 10.7 Å². The first-order valence-electron chi connectivity index (χ1n) is 10.7. The molecule has 0 aliphatic carbocycles. The average molecular weight is 407 g/mol. The van der Waals surface area contributed by atoms with Crippen LogP contribution in [0.1, 0.15) is 29.5 Å². The Labute approximate surface area is 179 Å². The van der Waals surface area contributed by atoms with Gasteiger partial charge in [-0.2, -0.15) is 5.26 Å². The molecule has 6 rings (SSSR count). The normalized spacial score (nSPS) is 15.0. The van der Waals surface area contributed by atoms with Gasteiger partial charge < -0.3 is 13.7 Å². The fourth-order valence-electron chi connectivity index (χ4n) is 4.96. The van der Waals surface area contributed by atoms with E-state index in [4.69, 9.17) is 19.5 Å². The quantitative estimate of drug-likeness (QED) is 0.482. The summed E-state index contributed by atoms with van der Waals surface area (Å²) in [6, 6.07) is 18.0. The van der Waals surface area contributed by atoms with Gasteiger partial charge >= 0.3 is 0 Å². The number of anilines is 1. The Hall–Kier alpha value is -3.78. The molecule has 4 aromatic rings. The Morgan fingerprint density at radius 1 is 0.839 bits per heavy atom. The Morgan fingerprint density at radius 3 is 2.26 bits per heavy atom. The van der Waals surface area contributed by atoms with Crippen LogP contribution in [-0.4, -0.2) is 13.1 Å². The number of hydrogen-bond donors (Lipinski definition) is 1. The molecule has 0 unspecified atom stereocenters. The highest BCUT2D eigenvalue weighted by Crippen LogP contribution is 2.39. The number of aryl methyl sites for hydroxylation is 2. The molecule has 0 radical (unpaired) electrons. The average Bonchev–Trinajstić information content (AvgIpc) is 3.29. The maximum absolute atomic E-state index is 9.10. The van der Waals surface area contributed by atoms with Crippen molar-refractivity contribution in [3.63, 3.8) is 0 Å². The third-order valence-electron chi connectivity index (χ3n) is 6.40. The fraction of sp³-hybridized carbons (Fsp3) is 0.231. The zero-order valence-electron chi connectivity index (χ0n) is 17.1. The van der Waals surface area contributed by atoms with Crippen molar-refractivity contribution in [2.45, 2.75) is 25.7 Å². The van der Waals surface area contributed by atoms with Crippen molar-refractivity contribution in [2.24, 2.45) is 0 Å². The third-order valence-corrected chi connectivity index (χ3v) is 6.40. The number of furan rings is 1. The molecule has 2 aromatic heterocycles. The molecule has 0 atom stereocenters. The van der Waals surface area contributed by atoms with Crippen LogP contribution in [0.5, 0.6) is 0 Å². The minimum Gasteiger partial charge on any atom is -0.456 e. The fourth-order valence-corrected chi connectivity index (χ4v) is 4.96. The van der Waals surface area contributed by atoms with Crippen molar-refractivity contribution in [2.75, 3.05) is 18.0 Å². The van der Waals surface area contributed by atoms with Crippen LogP contribution in [0.2, 0.25) is 0 Å². The van der Waals surface area contributed by atoms with E-state index in [9.17, 15) is 0 Å². The van der Waals surface area contributed by atoms with E-state index in [-0.39, 0.29) is 11.1 Å². The molecule has 152 valence electrons. The first-order chi connectivity index (χ1) is 15.2. The second kappa shape index (κ2) is 6.88. The smallest absolute Gasteiger partial charge is 0.229 e. The molecule has 2 aliphatic heterocycles. The standard InChI is InChI=1S/C26H21N3O2/c27-15-21-11-16-5-6-17(14-24(16)31-26(21)28)22-7-8-23(30-22)20-12-18-3-1-9-29-10-2-4-19(13-20)25(18)29/h5-8,11-14,28H,1-4,9-10H2. The SMILES string of the molecule is N#Cc1cc2ccc(-c3ccc(-c4cc5c6c(c4)CCCN6CCC5)o3)cc2oc1=N. The predicted molar refractivity (Wildman–Crippen MR) is 119 cm³/mol. The van der Waals surface area contributed by atoms with Crippen LogP contribution < -0.4 is 10.5 Å². The molecule has 31 heavy (non-hydrogen) atoms. The molecule has 4 heterocycles. The van der Waals surface area contributed by atoms with Crippen LogP contribution in [0.15, 0.2) is 57.4 Å². The van der Waals surface area contributed by atoms with E-state index in [0.29, 0.717) is 5.58 Å². The molecule has 0 amide bonds. The summed E-state index contributed by atoms with van der Waals surface area (Å²) in [7, 11) is 0. The lowest BCUT2D eigenvalue weighted by Gasteiger charge is -2.37. The molecule has 5 nitrogen and oxygen atoms in total. The molecule has 0 saturated carbocycles. The lowest BCUT2D eigenvalue weighted by molar-refractivity contribution is 0.530. The van der Waals surface area contributed by atoms with Crippen molar-refractivity contribution in [1.82, 2.24) is 0 Å². The molecule has 2 aliphatic rings. The second-order valence-corrected chi connectivity index (χ2v) is 8.35. The lowest BCUT2D eigenvalue weighted by atomic mass is 9.89. The van der Waals surface area contributed by atoms with E-state index in [0.717, 1.165) is 40.9 Å². The Balaban J connectivity index is 1.40. The number of hydrogen-bond acceptors (Lipinski definition) is 5. The van der Waals surface area contributed by atoms with Crippen LogP contribution >= 0.6 is 0 Å². The summed E-state index contributed by atoms with van der Waals surface area (Å²) in [5.41, 5.74) is 7.05. The summed E-state index contributed by atoms with van der Waals surface area (Å²) in [6.07, 6.45) is 4.69. The summed E-state index contributed by atoms with van der Waals surface area (Å²) in [6.45, 7) is 2.35. The molecule has 0 bridgehead atoms. The number of nitrogens with one attached hydrogen (secondary N) is 1. The molecule has 1 N–H and O–H groups in total. The first-order valence-corrected chi connectivity index (χ1v) is 10.7. The van der Waals surface area contributed by atoms with Crippen LogP contribution in [0.4, 0.5) is 5.69 Å². The van der Waals surface area contributed by atoms with E-state index < -0.39 is 0 Å². The summed E-state index contributed by atoms with van der Waals surface area (Å²) < 4.78 is 11.8. The highest BCUT2D eigenvalue weighted by Gasteiger charge is 2.25. The summed E-state index contributed by atoms with van der Waals surface area (Å²) in [5, 5.41) is 17.8. The Bertz CT molecular complexity index is 1410. The number of rotatable bonds is 2. The van der Waals surface area contributed by atoms with Crippen LogP contribution in [-0.2, 0) is 12.8 Å². The zero-order chi connectivity index (χ0) is 20.9. The highest BCUT2D eigenvalue weighted by molar-refractivity contribution is 5.83. The Morgan fingerprint density at radius 2 is 1.55 bits per heavy atom. The molecule has 0 saturated heterocycles. The van der Waals surface area contributed by atoms with Crippen LogP contribution in [0.3, 0.4) is 0 Å². The van der Waals surface area contributed by atoms with Gasteiger partial charge in [-0.15, -0.1) is 0 Å². The maximum Gasteiger partial charge on any atom is 0.229 e. The summed E-state index contributed by atoms with van der Waals surface area (Å²) >= 11 is 0. The topological polar surface area (TPSA) is 77.2 Å². The van der Waals surface area contributed by atoms with Gasteiger partial charge in [-0.05, 0) is 73.2 Å². The van der Waals surface area contributed by atoms with Gasteiger partial charge in [0.2, 0.25) is 5.55 Å². The van der Waals surface area contributed by atoms with Gasteiger partial charge in [0.1, 0.15) is 28.7 Å². The second-order valence-electron chi connectivity index (χ2n) is 8.35. The third kappa shape index (κ3) is 2.95. The number of fused-ring (bicyclic) bond motifs is 1. The molecule has 0 fully saturated rings. The van der Waals surface area contributed by atoms with Crippen molar-refractivity contribution in [3.8, 4) is 28.7 Å². The minimum absolute atomic E-state index is 0.121. The predicted octanol–water partition coefficient (Wildman–Crippen LogP) is 5.41. The molecule has 2 aromatic carbocycles. The monoisotopic (exact) mass is 407 g/mol. The van der Waals surface area contributed by atoms with E-state index >= 15 is 0 Å². The van der Waals surface area contributed by atoms with Gasteiger partial charge in [0.05, 0.1) is 0 Å². The van der Waals surface area contributed by atoms with E-state index in [1.54, 1.807) is 6.07 Å². The zero-order valence-corrected chi connectivity index (χ0v) is 17.1. The molecule has 5 heteroatoms. The van der Waals surface area contributed by atoms with Gasteiger partial charge in [-0.25, -0.2) is 0 Å².